The summed E-state index contributed by atoms with van der Waals surface area (Å²) in [4.78, 5) is 52.9. The minimum Gasteiger partial charge on any atom is -0.479 e. The SMILES string of the molecule is CC(C)[C@@H](C(=O)N[C@@H](C(=O)O)c1ccccc1)n1c(=O)[nH]c2ccccc2c1=O. The molecule has 0 bridgehead atoms. The summed E-state index contributed by atoms with van der Waals surface area (Å²) in [5.74, 6) is -2.41. The molecule has 150 valence electrons. The van der Waals surface area contributed by atoms with E-state index in [1.807, 2.05) is 0 Å². The molecule has 0 radical (unpaired) electrons. The van der Waals surface area contributed by atoms with Crippen molar-refractivity contribution >= 4 is 22.8 Å². The van der Waals surface area contributed by atoms with Crippen LogP contribution in [0.1, 0.15) is 31.5 Å². The average Bonchev–Trinajstić information content (AvgIpc) is 2.69. The maximum atomic E-state index is 13.0. The van der Waals surface area contributed by atoms with Crippen molar-refractivity contribution < 1.29 is 14.7 Å². The Kier molecular flexibility index (Phi) is 5.63. The van der Waals surface area contributed by atoms with Gasteiger partial charge in [0.05, 0.1) is 10.9 Å². The van der Waals surface area contributed by atoms with E-state index in [1.54, 1.807) is 68.4 Å². The van der Waals surface area contributed by atoms with Crippen LogP contribution in [0, 0.1) is 5.92 Å². The third-order valence-corrected chi connectivity index (χ3v) is 4.68. The third-order valence-electron chi connectivity index (χ3n) is 4.68. The first-order valence-corrected chi connectivity index (χ1v) is 9.13. The molecule has 8 heteroatoms. The highest BCUT2D eigenvalue weighted by Gasteiger charge is 2.31. The first-order valence-electron chi connectivity index (χ1n) is 9.13. The molecule has 3 N–H and O–H groups in total. The van der Waals surface area contributed by atoms with Crippen molar-refractivity contribution in [3.8, 4) is 0 Å². The van der Waals surface area contributed by atoms with Crippen LogP contribution in [0.25, 0.3) is 10.9 Å². The van der Waals surface area contributed by atoms with Crippen molar-refractivity contribution in [3.63, 3.8) is 0 Å². The van der Waals surface area contributed by atoms with Crippen molar-refractivity contribution in [1.82, 2.24) is 14.9 Å². The number of hydrogen-bond acceptors (Lipinski definition) is 4. The Morgan fingerprint density at radius 3 is 2.24 bits per heavy atom. The van der Waals surface area contributed by atoms with Crippen molar-refractivity contribution in [2.45, 2.75) is 25.9 Å². The Morgan fingerprint density at radius 1 is 1.00 bits per heavy atom. The fourth-order valence-electron chi connectivity index (χ4n) is 3.31. The summed E-state index contributed by atoms with van der Waals surface area (Å²) in [5, 5.41) is 12.3. The van der Waals surface area contributed by atoms with E-state index in [-0.39, 0.29) is 5.39 Å². The molecule has 1 amide bonds. The Labute approximate surface area is 165 Å². The second-order valence-corrected chi connectivity index (χ2v) is 7.03. The molecular weight excluding hydrogens is 374 g/mol. The summed E-state index contributed by atoms with van der Waals surface area (Å²) >= 11 is 0. The van der Waals surface area contributed by atoms with Crippen LogP contribution in [0.4, 0.5) is 0 Å². The summed E-state index contributed by atoms with van der Waals surface area (Å²) in [6, 6.07) is 12.2. The molecule has 8 nitrogen and oxygen atoms in total. The summed E-state index contributed by atoms with van der Waals surface area (Å²) in [6.07, 6.45) is 0. The average molecular weight is 395 g/mol. The topological polar surface area (TPSA) is 121 Å². The van der Waals surface area contributed by atoms with Gasteiger partial charge in [0.25, 0.3) is 5.56 Å². The van der Waals surface area contributed by atoms with E-state index in [1.165, 1.54) is 0 Å². The number of fused-ring (bicyclic) bond motifs is 1. The monoisotopic (exact) mass is 395 g/mol. The van der Waals surface area contributed by atoms with Crippen molar-refractivity contribution in [1.29, 1.82) is 0 Å². The summed E-state index contributed by atoms with van der Waals surface area (Å²) in [6.45, 7) is 3.37. The predicted molar refractivity (Wildman–Crippen MR) is 108 cm³/mol. The van der Waals surface area contributed by atoms with E-state index >= 15 is 0 Å². The number of H-pyrrole nitrogens is 1. The second kappa shape index (κ2) is 8.14. The van der Waals surface area contributed by atoms with Crippen molar-refractivity contribution in [2.75, 3.05) is 0 Å². The fraction of sp³-hybridized carbons (Fsp3) is 0.238. The molecular formula is C21H21N3O5. The van der Waals surface area contributed by atoms with Crippen LogP contribution in [-0.4, -0.2) is 26.5 Å². The molecule has 3 rings (SSSR count). The van der Waals surface area contributed by atoms with Gasteiger partial charge in [-0.25, -0.2) is 14.2 Å². The first kappa shape index (κ1) is 20.1. The number of aromatic nitrogens is 2. The molecule has 0 saturated carbocycles. The van der Waals surface area contributed by atoms with Gasteiger partial charge in [0.2, 0.25) is 5.91 Å². The lowest BCUT2D eigenvalue weighted by Crippen LogP contribution is -2.48. The van der Waals surface area contributed by atoms with Gasteiger partial charge in [-0.2, -0.15) is 0 Å². The molecule has 29 heavy (non-hydrogen) atoms. The zero-order valence-corrected chi connectivity index (χ0v) is 16.0. The minimum atomic E-state index is -1.31. The van der Waals surface area contributed by atoms with Gasteiger partial charge in [-0.1, -0.05) is 56.3 Å². The van der Waals surface area contributed by atoms with Crippen LogP contribution < -0.4 is 16.6 Å². The van der Waals surface area contributed by atoms with Crippen molar-refractivity contribution in [3.05, 3.63) is 81.0 Å². The number of carboxylic acid groups (broad SMARTS) is 1. The maximum Gasteiger partial charge on any atom is 0.330 e. The lowest BCUT2D eigenvalue weighted by molar-refractivity contribution is -0.142. The Hall–Kier alpha value is -3.68. The van der Waals surface area contributed by atoms with Crippen molar-refractivity contribution in [2.24, 2.45) is 5.92 Å². The largest absolute Gasteiger partial charge is 0.479 e. The number of hydrogen-bond donors (Lipinski definition) is 3. The zero-order chi connectivity index (χ0) is 21.1. The number of carboxylic acids is 1. The summed E-state index contributed by atoms with van der Waals surface area (Å²) in [5.41, 5.74) is -0.580. The number of nitrogens with zero attached hydrogens (tertiary/aromatic N) is 1. The minimum absolute atomic E-state index is 0.267. The lowest BCUT2D eigenvalue weighted by atomic mass is 10.0. The Bertz CT molecular complexity index is 1160. The number of amides is 1. The third kappa shape index (κ3) is 3.96. The van der Waals surface area contributed by atoms with Crippen LogP contribution in [0.15, 0.2) is 64.2 Å². The van der Waals surface area contributed by atoms with E-state index in [0.717, 1.165) is 4.57 Å². The van der Waals surface area contributed by atoms with Gasteiger partial charge in [-0.3, -0.25) is 9.59 Å². The van der Waals surface area contributed by atoms with Gasteiger partial charge in [0, 0.05) is 0 Å². The molecule has 0 spiro atoms. The molecule has 0 aliphatic carbocycles. The quantitative estimate of drug-likeness (QED) is 0.588. The highest BCUT2D eigenvalue weighted by Crippen LogP contribution is 2.19. The number of aromatic amines is 1. The van der Waals surface area contributed by atoms with E-state index in [4.69, 9.17) is 0 Å². The summed E-state index contributed by atoms with van der Waals surface area (Å²) in [7, 11) is 0. The van der Waals surface area contributed by atoms with E-state index in [2.05, 4.69) is 10.3 Å². The van der Waals surface area contributed by atoms with Gasteiger partial charge in [0.15, 0.2) is 6.04 Å². The first-order chi connectivity index (χ1) is 13.8. The lowest BCUT2D eigenvalue weighted by Gasteiger charge is -2.24. The van der Waals surface area contributed by atoms with Gasteiger partial charge in [-0.05, 0) is 23.6 Å². The Balaban J connectivity index is 2.06. The van der Waals surface area contributed by atoms with Crippen LogP contribution in [0.3, 0.4) is 0 Å². The van der Waals surface area contributed by atoms with Gasteiger partial charge >= 0.3 is 11.7 Å². The number of carbonyl (C=O) groups is 2. The fourth-order valence-corrected chi connectivity index (χ4v) is 3.31. The van der Waals surface area contributed by atoms with Gasteiger partial charge in [-0.15, -0.1) is 0 Å². The molecule has 0 aliphatic heterocycles. The van der Waals surface area contributed by atoms with Crippen LogP contribution in [0.2, 0.25) is 0 Å². The van der Waals surface area contributed by atoms with Crippen LogP contribution >= 0.6 is 0 Å². The van der Waals surface area contributed by atoms with E-state index in [9.17, 15) is 24.3 Å². The standard InChI is InChI=1S/C21H21N3O5/c1-12(2)17(18(25)23-16(20(27)28)13-8-4-3-5-9-13)24-19(26)14-10-6-7-11-15(14)22-21(24)29/h3-12,16-17H,1-2H3,(H,22,29)(H,23,25)(H,27,28)/t16-,17+/m1/s1. The number of carbonyl (C=O) groups excluding carboxylic acids is 1. The number of benzene rings is 2. The van der Waals surface area contributed by atoms with E-state index in [0.29, 0.717) is 11.1 Å². The molecule has 3 aromatic rings. The van der Waals surface area contributed by atoms with Crippen LogP contribution in [0.5, 0.6) is 0 Å². The molecule has 1 heterocycles. The van der Waals surface area contributed by atoms with Gasteiger partial charge < -0.3 is 15.4 Å². The number of para-hydroxylation sites is 1. The van der Waals surface area contributed by atoms with Gasteiger partial charge in [0.1, 0.15) is 6.04 Å². The molecule has 0 aliphatic rings. The zero-order valence-electron chi connectivity index (χ0n) is 16.0. The number of rotatable bonds is 6. The van der Waals surface area contributed by atoms with E-state index < -0.39 is 41.1 Å². The molecule has 2 aromatic carbocycles. The maximum absolute atomic E-state index is 13.0. The van der Waals surface area contributed by atoms with Crippen LogP contribution in [-0.2, 0) is 9.59 Å². The number of nitrogens with one attached hydrogen (secondary N) is 2. The molecule has 1 aromatic heterocycles. The molecule has 0 fully saturated rings. The molecule has 0 saturated heterocycles. The normalized spacial score (nSPS) is 13.2. The summed E-state index contributed by atoms with van der Waals surface area (Å²) < 4.78 is 0.853. The molecule has 2 atom stereocenters. The highest BCUT2D eigenvalue weighted by atomic mass is 16.4. The second-order valence-electron chi connectivity index (χ2n) is 7.03. The smallest absolute Gasteiger partial charge is 0.330 e. The predicted octanol–water partition coefficient (Wildman–Crippen LogP) is 1.83. The number of aliphatic carboxylic acids is 1. The highest BCUT2D eigenvalue weighted by molar-refractivity contribution is 5.87. The Morgan fingerprint density at radius 2 is 1.62 bits per heavy atom. The molecule has 0 unspecified atom stereocenters.